The van der Waals surface area contributed by atoms with Crippen molar-refractivity contribution in [1.82, 2.24) is 25.0 Å². The van der Waals surface area contributed by atoms with E-state index < -0.39 is 5.66 Å². The summed E-state index contributed by atoms with van der Waals surface area (Å²) in [4.78, 5) is 45.8. The molecule has 3 amide bonds. The highest BCUT2D eigenvalue weighted by Gasteiger charge is 2.52. The zero-order valence-electron chi connectivity index (χ0n) is 19.0. The smallest absolute Gasteiger partial charge is 0.257 e. The van der Waals surface area contributed by atoms with Crippen molar-refractivity contribution in [3.05, 3.63) is 77.9 Å². The van der Waals surface area contributed by atoms with E-state index >= 15 is 0 Å². The predicted octanol–water partition coefficient (Wildman–Crippen LogP) is 2.33. The molecule has 2 aromatic carbocycles. The van der Waals surface area contributed by atoms with E-state index in [9.17, 15) is 14.4 Å². The van der Waals surface area contributed by atoms with Gasteiger partial charge in [-0.15, -0.1) is 0 Å². The monoisotopic (exact) mass is 458 g/mol. The molecule has 0 radical (unpaired) electrons. The van der Waals surface area contributed by atoms with Crippen LogP contribution in [0.5, 0.6) is 0 Å². The van der Waals surface area contributed by atoms with E-state index in [1.807, 2.05) is 43.3 Å². The fourth-order valence-electron chi connectivity index (χ4n) is 4.81. The van der Waals surface area contributed by atoms with Crippen LogP contribution in [-0.2, 0) is 22.7 Å². The Morgan fingerprint density at radius 2 is 1.85 bits per heavy atom. The van der Waals surface area contributed by atoms with E-state index in [0.29, 0.717) is 37.2 Å². The van der Waals surface area contributed by atoms with Crippen molar-refractivity contribution in [2.24, 2.45) is 0 Å². The number of nitrogens with one attached hydrogen (secondary N) is 1. The lowest BCUT2D eigenvalue weighted by molar-refractivity contribution is -0.121. The number of rotatable bonds is 7. The minimum absolute atomic E-state index is 0.00386. The van der Waals surface area contributed by atoms with Crippen LogP contribution in [0.15, 0.2) is 61.2 Å². The number of nitrogens with zero attached hydrogens (tertiary/aromatic N) is 5. The number of hydrogen-bond acceptors (Lipinski definition) is 5. The molecule has 0 spiro atoms. The molecule has 9 heteroatoms. The van der Waals surface area contributed by atoms with Gasteiger partial charge >= 0.3 is 0 Å². The summed E-state index contributed by atoms with van der Waals surface area (Å²) >= 11 is 0. The average Bonchev–Trinajstić information content (AvgIpc) is 3.46. The number of aromatic nitrogens is 3. The van der Waals surface area contributed by atoms with Gasteiger partial charge in [0.2, 0.25) is 11.8 Å². The van der Waals surface area contributed by atoms with Crippen molar-refractivity contribution in [2.45, 2.75) is 44.9 Å². The Kier molecular flexibility index (Phi) is 5.61. The van der Waals surface area contributed by atoms with Gasteiger partial charge in [0.1, 0.15) is 18.3 Å². The molecule has 1 N–H and O–H groups in total. The van der Waals surface area contributed by atoms with Crippen LogP contribution in [0.25, 0.3) is 0 Å². The molecule has 5 rings (SSSR count). The van der Waals surface area contributed by atoms with Crippen LogP contribution < -0.4 is 10.2 Å². The highest BCUT2D eigenvalue weighted by Crippen LogP contribution is 2.43. The second kappa shape index (κ2) is 8.74. The number of para-hydroxylation sites is 1. The lowest BCUT2D eigenvalue weighted by Gasteiger charge is -2.48. The van der Waals surface area contributed by atoms with Crippen LogP contribution in [0.2, 0.25) is 0 Å². The van der Waals surface area contributed by atoms with Crippen molar-refractivity contribution >= 4 is 23.4 Å². The lowest BCUT2D eigenvalue weighted by Crippen LogP contribution is -2.62. The molecule has 0 aliphatic carbocycles. The summed E-state index contributed by atoms with van der Waals surface area (Å²) in [7, 11) is 0. The topological polar surface area (TPSA) is 100 Å². The third kappa shape index (κ3) is 3.93. The highest BCUT2D eigenvalue weighted by atomic mass is 16.2. The molecule has 1 atom stereocenters. The molecule has 0 bridgehead atoms. The first-order valence-corrected chi connectivity index (χ1v) is 11.4. The van der Waals surface area contributed by atoms with E-state index in [1.165, 1.54) is 6.33 Å². The van der Waals surface area contributed by atoms with Crippen molar-refractivity contribution in [2.75, 3.05) is 11.4 Å². The van der Waals surface area contributed by atoms with Crippen LogP contribution >= 0.6 is 0 Å². The van der Waals surface area contributed by atoms with E-state index in [1.54, 1.807) is 32.9 Å². The van der Waals surface area contributed by atoms with Crippen LogP contribution in [0.4, 0.5) is 5.69 Å². The van der Waals surface area contributed by atoms with Crippen LogP contribution in [0.1, 0.15) is 47.7 Å². The first-order valence-electron chi connectivity index (χ1n) is 11.4. The zero-order valence-corrected chi connectivity index (χ0v) is 19.0. The third-order valence-corrected chi connectivity index (χ3v) is 6.63. The van der Waals surface area contributed by atoms with Gasteiger partial charge < -0.3 is 10.2 Å². The first kappa shape index (κ1) is 21.8. The molecule has 9 nitrogen and oxygen atoms in total. The second-order valence-corrected chi connectivity index (χ2v) is 8.86. The molecule has 0 saturated carbocycles. The van der Waals surface area contributed by atoms with Crippen LogP contribution in [0.3, 0.4) is 0 Å². The maximum atomic E-state index is 13.3. The molecule has 1 aromatic heterocycles. The number of benzene rings is 2. The average molecular weight is 459 g/mol. The molecule has 1 unspecified atom stereocenters. The number of amides is 3. The first-order chi connectivity index (χ1) is 16.5. The molecule has 3 heterocycles. The molecule has 3 aromatic rings. The van der Waals surface area contributed by atoms with Crippen molar-refractivity contribution in [1.29, 1.82) is 0 Å². The Bertz CT molecular complexity index is 1220. The zero-order chi connectivity index (χ0) is 23.7. The number of carbonyl (C=O) groups excluding carboxylic acids is 3. The highest BCUT2D eigenvalue weighted by molar-refractivity contribution is 6.10. The molecule has 2 aliphatic heterocycles. The van der Waals surface area contributed by atoms with Crippen molar-refractivity contribution < 1.29 is 14.4 Å². The van der Waals surface area contributed by atoms with E-state index in [2.05, 4.69) is 15.4 Å². The summed E-state index contributed by atoms with van der Waals surface area (Å²) in [5.41, 5.74) is 2.49. The molecule has 174 valence electrons. The Hall–Kier alpha value is -4.01. The SMILES string of the molecule is CC12CCC(=O)N1c1ccccc1C(=O)N2CCC(=O)NCc1ccc(Cn2cncn2)cc1. The molecular weight excluding hydrogens is 432 g/mol. The Labute approximate surface area is 197 Å². The molecule has 1 saturated heterocycles. The quantitative estimate of drug-likeness (QED) is 0.586. The maximum Gasteiger partial charge on any atom is 0.257 e. The summed E-state index contributed by atoms with van der Waals surface area (Å²) in [6, 6.07) is 15.1. The van der Waals surface area contributed by atoms with Gasteiger partial charge in [-0.05, 0) is 36.6 Å². The molecular formula is C25H26N6O3. The van der Waals surface area contributed by atoms with Crippen LogP contribution in [0, 0.1) is 0 Å². The van der Waals surface area contributed by atoms with Crippen LogP contribution in [-0.4, -0.2) is 49.6 Å². The fraction of sp³-hybridized carbons (Fsp3) is 0.320. The normalized spacial score (nSPS) is 19.2. The van der Waals surface area contributed by atoms with E-state index in [-0.39, 0.29) is 30.7 Å². The van der Waals surface area contributed by atoms with Crippen molar-refractivity contribution in [3.8, 4) is 0 Å². The summed E-state index contributed by atoms with van der Waals surface area (Å²) in [6.07, 6.45) is 4.27. The number of hydrogen-bond donors (Lipinski definition) is 1. The Morgan fingerprint density at radius 3 is 2.62 bits per heavy atom. The van der Waals surface area contributed by atoms with E-state index in [4.69, 9.17) is 0 Å². The second-order valence-electron chi connectivity index (χ2n) is 8.86. The molecule has 34 heavy (non-hydrogen) atoms. The van der Waals surface area contributed by atoms with E-state index in [0.717, 1.165) is 11.1 Å². The Morgan fingerprint density at radius 1 is 1.09 bits per heavy atom. The number of fused-ring (bicyclic) bond motifs is 3. The molecule has 2 aliphatic rings. The third-order valence-electron chi connectivity index (χ3n) is 6.63. The summed E-state index contributed by atoms with van der Waals surface area (Å²) < 4.78 is 1.75. The summed E-state index contributed by atoms with van der Waals surface area (Å²) in [5.74, 6) is -0.276. The standard InChI is InChI=1S/C25H26N6O3/c1-25-12-10-23(33)31(25)21-5-3-2-4-20(21)24(34)30(25)13-11-22(32)27-14-18-6-8-19(9-7-18)15-29-17-26-16-28-29/h2-9,16-17H,10-15H2,1H3,(H,27,32). The van der Waals surface area contributed by atoms with Gasteiger partial charge in [-0.2, -0.15) is 5.10 Å². The van der Waals surface area contributed by atoms with Gasteiger partial charge in [-0.3, -0.25) is 19.3 Å². The van der Waals surface area contributed by atoms with Crippen molar-refractivity contribution in [3.63, 3.8) is 0 Å². The van der Waals surface area contributed by atoms with Gasteiger partial charge in [0.25, 0.3) is 5.91 Å². The minimum Gasteiger partial charge on any atom is -0.352 e. The van der Waals surface area contributed by atoms with Gasteiger partial charge in [0.15, 0.2) is 0 Å². The summed E-state index contributed by atoms with van der Waals surface area (Å²) in [6.45, 7) is 3.19. The maximum absolute atomic E-state index is 13.3. The Balaban J connectivity index is 1.20. The van der Waals surface area contributed by atoms with Gasteiger partial charge in [0, 0.05) is 25.9 Å². The fourth-order valence-corrected chi connectivity index (χ4v) is 4.81. The van der Waals surface area contributed by atoms with Gasteiger partial charge in [-0.25, -0.2) is 9.67 Å². The minimum atomic E-state index is -0.747. The molecule has 1 fully saturated rings. The van der Waals surface area contributed by atoms with Gasteiger partial charge in [0.05, 0.1) is 17.8 Å². The number of anilines is 1. The lowest BCUT2D eigenvalue weighted by atomic mass is 9.98. The predicted molar refractivity (Wildman–Crippen MR) is 125 cm³/mol. The summed E-state index contributed by atoms with van der Waals surface area (Å²) in [5, 5.41) is 7.03. The number of carbonyl (C=O) groups is 3. The largest absolute Gasteiger partial charge is 0.352 e. The van der Waals surface area contributed by atoms with Gasteiger partial charge in [-0.1, -0.05) is 36.4 Å².